The van der Waals surface area contributed by atoms with Crippen LogP contribution in [0.2, 0.25) is 0 Å². The Morgan fingerprint density at radius 1 is 1.35 bits per heavy atom. The van der Waals surface area contributed by atoms with Crippen LogP contribution in [0.3, 0.4) is 0 Å². The molecule has 1 aromatic carbocycles. The van der Waals surface area contributed by atoms with E-state index in [1.54, 1.807) is 25.3 Å². The first kappa shape index (κ1) is 16.3. The largest absolute Gasteiger partial charge is 0.497 e. The number of rotatable bonds is 6. The van der Waals surface area contributed by atoms with Crippen LogP contribution in [0.4, 0.5) is 0 Å². The molecule has 0 saturated heterocycles. The van der Waals surface area contributed by atoms with Gasteiger partial charge in [0.25, 0.3) is 5.91 Å². The summed E-state index contributed by atoms with van der Waals surface area (Å²) in [4.78, 5) is 12.5. The topological polar surface area (TPSA) is 73.6 Å². The number of methoxy groups -OCH3 is 2. The van der Waals surface area contributed by atoms with E-state index in [9.17, 15) is 4.79 Å². The minimum Gasteiger partial charge on any atom is -0.497 e. The van der Waals surface area contributed by atoms with Gasteiger partial charge in [-0.15, -0.1) is 0 Å². The first-order valence-electron chi connectivity index (χ1n) is 6.62. The number of carbonyl (C=O) groups is 1. The first-order chi connectivity index (χ1) is 9.37. The first-order valence-corrected chi connectivity index (χ1v) is 6.62. The maximum atomic E-state index is 12.5. The molecule has 0 aliphatic heterocycles. The Labute approximate surface area is 120 Å². The van der Waals surface area contributed by atoms with E-state index in [1.165, 1.54) is 7.11 Å². The SMILES string of the molecule is COc1ccc(OC)c(C(=O)NC(C)(CN)C(C)C)c1. The van der Waals surface area contributed by atoms with Gasteiger partial charge in [0.1, 0.15) is 11.5 Å². The number of hydrogen-bond donors (Lipinski definition) is 2. The third-order valence-corrected chi connectivity index (χ3v) is 3.75. The molecule has 0 aromatic heterocycles. The molecule has 1 rings (SSSR count). The van der Waals surface area contributed by atoms with Crippen molar-refractivity contribution in [3.05, 3.63) is 23.8 Å². The van der Waals surface area contributed by atoms with E-state index >= 15 is 0 Å². The van der Waals surface area contributed by atoms with Gasteiger partial charge in [-0.2, -0.15) is 0 Å². The quantitative estimate of drug-likeness (QED) is 0.833. The molecular formula is C15H24N2O3. The number of benzene rings is 1. The zero-order chi connectivity index (χ0) is 15.3. The molecule has 0 bridgehead atoms. The van der Waals surface area contributed by atoms with Gasteiger partial charge in [0.2, 0.25) is 0 Å². The third-order valence-electron chi connectivity index (χ3n) is 3.75. The van der Waals surface area contributed by atoms with E-state index in [4.69, 9.17) is 15.2 Å². The van der Waals surface area contributed by atoms with Crippen molar-refractivity contribution < 1.29 is 14.3 Å². The summed E-state index contributed by atoms with van der Waals surface area (Å²) in [6.45, 7) is 6.34. The summed E-state index contributed by atoms with van der Waals surface area (Å²) in [5.74, 6) is 1.11. The zero-order valence-corrected chi connectivity index (χ0v) is 12.8. The fraction of sp³-hybridized carbons (Fsp3) is 0.533. The van der Waals surface area contributed by atoms with Crippen LogP contribution >= 0.6 is 0 Å². The van der Waals surface area contributed by atoms with Crippen molar-refractivity contribution in [3.8, 4) is 11.5 Å². The van der Waals surface area contributed by atoms with E-state index in [0.29, 0.717) is 23.6 Å². The highest BCUT2D eigenvalue weighted by molar-refractivity contribution is 5.97. The fourth-order valence-corrected chi connectivity index (χ4v) is 1.75. The van der Waals surface area contributed by atoms with Gasteiger partial charge in [-0.25, -0.2) is 0 Å². The molecule has 112 valence electrons. The van der Waals surface area contributed by atoms with E-state index in [-0.39, 0.29) is 11.8 Å². The van der Waals surface area contributed by atoms with E-state index < -0.39 is 5.54 Å². The molecule has 0 aliphatic carbocycles. The molecule has 0 aliphatic rings. The van der Waals surface area contributed by atoms with Gasteiger partial charge in [-0.3, -0.25) is 4.79 Å². The molecule has 1 aromatic rings. The average Bonchev–Trinajstić information content (AvgIpc) is 2.45. The molecule has 5 nitrogen and oxygen atoms in total. The lowest BCUT2D eigenvalue weighted by Crippen LogP contribution is -2.55. The Kier molecular flexibility index (Phi) is 5.39. The second kappa shape index (κ2) is 6.61. The van der Waals surface area contributed by atoms with E-state index in [2.05, 4.69) is 5.32 Å². The highest BCUT2D eigenvalue weighted by atomic mass is 16.5. The second-order valence-corrected chi connectivity index (χ2v) is 5.30. The lowest BCUT2D eigenvalue weighted by Gasteiger charge is -2.33. The van der Waals surface area contributed by atoms with Gasteiger partial charge < -0.3 is 20.5 Å². The summed E-state index contributed by atoms with van der Waals surface area (Å²) in [5, 5.41) is 2.99. The van der Waals surface area contributed by atoms with Crippen LogP contribution in [0.15, 0.2) is 18.2 Å². The lowest BCUT2D eigenvalue weighted by atomic mass is 9.88. The van der Waals surface area contributed by atoms with Gasteiger partial charge in [0.15, 0.2) is 0 Å². The minimum absolute atomic E-state index is 0.216. The molecule has 1 amide bonds. The van der Waals surface area contributed by atoms with Crippen molar-refractivity contribution in [3.63, 3.8) is 0 Å². The van der Waals surface area contributed by atoms with Crippen molar-refractivity contribution in [2.75, 3.05) is 20.8 Å². The summed E-state index contributed by atoms with van der Waals surface area (Å²) in [6, 6.07) is 5.12. The van der Waals surface area contributed by atoms with Crippen LogP contribution in [0.1, 0.15) is 31.1 Å². The number of nitrogens with two attached hydrogens (primary N) is 1. The zero-order valence-electron chi connectivity index (χ0n) is 12.8. The smallest absolute Gasteiger partial charge is 0.255 e. The maximum Gasteiger partial charge on any atom is 0.255 e. The van der Waals surface area contributed by atoms with Crippen molar-refractivity contribution >= 4 is 5.91 Å². The average molecular weight is 280 g/mol. The summed E-state index contributed by atoms with van der Waals surface area (Å²) < 4.78 is 10.4. The highest BCUT2D eigenvalue weighted by Crippen LogP contribution is 2.25. The van der Waals surface area contributed by atoms with Crippen molar-refractivity contribution in [1.29, 1.82) is 0 Å². The maximum absolute atomic E-state index is 12.5. The molecule has 5 heteroatoms. The lowest BCUT2D eigenvalue weighted by molar-refractivity contribution is 0.0879. The van der Waals surface area contributed by atoms with Crippen LogP contribution in [0.5, 0.6) is 11.5 Å². The highest BCUT2D eigenvalue weighted by Gasteiger charge is 2.30. The number of carbonyl (C=O) groups excluding carboxylic acids is 1. The van der Waals surface area contributed by atoms with E-state index in [1.807, 2.05) is 20.8 Å². The summed E-state index contributed by atoms with van der Waals surface area (Å²) >= 11 is 0. The normalized spacial score (nSPS) is 13.8. The number of hydrogen-bond acceptors (Lipinski definition) is 4. The monoisotopic (exact) mass is 280 g/mol. The second-order valence-electron chi connectivity index (χ2n) is 5.30. The predicted molar refractivity (Wildman–Crippen MR) is 79.3 cm³/mol. The fourth-order valence-electron chi connectivity index (χ4n) is 1.75. The molecule has 1 atom stereocenters. The third kappa shape index (κ3) is 3.42. The molecule has 0 fully saturated rings. The molecule has 0 saturated carbocycles. The van der Waals surface area contributed by atoms with Crippen molar-refractivity contribution in [2.24, 2.45) is 11.7 Å². The van der Waals surface area contributed by atoms with Crippen molar-refractivity contribution in [2.45, 2.75) is 26.3 Å². The molecular weight excluding hydrogens is 256 g/mol. The Morgan fingerprint density at radius 3 is 2.45 bits per heavy atom. The van der Waals surface area contributed by atoms with Gasteiger partial charge in [0.05, 0.1) is 25.3 Å². The van der Waals surface area contributed by atoms with Gasteiger partial charge >= 0.3 is 0 Å². The van der Waals surface area contributed by atoms with Gasteiger partial charge in [-0.1, -0.05) is 13.8 Å². The Bertz CT molecular complexity index is 474. The molecule has 20 heavy (non-hydrogen) atoms. The van der Waals surface area contributed by atoms with Crippen LogP contribution < -0.4 is 20.5 Å². The van der Waals surface area contributed by atoms with Crippen molar-refractivity contribution in [1.82, 2.24) is 5.32 Å². The van der Waals surface area contributed by atoms with Crippen LogP contribution in [0, 0.1) is 5.92 Å². The molecule has 0 heterocycles. The summed E-state index contributed by atoms with van der Waals surface area (Å²) in [7, 11) is 3.09. The molecule has 0 radical (unpaired) electrons. The van der Waals surface area contributed by atoms with E-state index in [0.717, 1.165) is 0 Å². The Hall–Kier alpha value is -1.75. The number of nitrogens with one attached hydrogen (secondary N) is 1. The number of ether oxygens (including phenoxy) is 2. The van der Waals surface area contributed by atoms with Gasteiger partial charge in [-0.05, 0) is 31.0 Å². The number of amides is 1. The van der Waals surface area contributed by atoms with Crippen LogP contribution in [-0.4, -0.2) is 32.2 Å². The van der Waals surface area contributed by atoms with Crippen LogP contribution in [-0.2, 0) is 0 Å². The summed E-state index contributed by atoms with van der Waals surface area (Å²) in [5.41, 5.74) is 5.76. The van der Waals surface area contributed by atoms with Crippen LogP contribution in [0.25, 0.3) is 0 Å². The molecule has 1 unspecified atom stereocenters. The Balaban J connectivity index is 3.08. The minimum atomic E-state index is -0.467. The standard InChI is InChI=1S/C15H24N2O3/c1-10(2)15(3,9-16)17-14(18)12-8-11(19-4)6-7-13(12)20-5/h6-8,10H,9,16H2,1-5H3,(H,17,18). The predicted octanol–water partition coefficient (Wildman–Crippen LogP) is 1.81. The molecule has 0 spiro atoms. The Morgan fingerprint density at radius 2 is 2.00 bits per heavy atom. The van der Waals surface area contributed by atoms with Gasteiger partial charge in [0, 0.05) is 6.54 Å². The molecule has 3 N–H and O–H groups in total. The summed E-state index contributed by atoms with van der Waals surface area (Å²) in [6.07, 6.45) is 0.